The second kappa shape index (κ2) is 16.6. The zero-order chi connectivity index (χ0) is 21.3. The van der Waals surface area contributed by atoms with E-state index in [4.69, 9.17) is 16.2 Å². The third-order valence-electron chi connectivity index (χ3n) is 4.08. The Bertz CT molecular complexity index is 405. The Hall–Kier alpha value is -1.38. The quantitative estimate of drug-likeness (QED) is 0.291. The number of amides is 2. The molecular weight excluding hydrogens is 358 g/mol. The zero-order valence-corrected chi connectivity index (χ0v) is 18.2. The van der Waals surface area contributed by atoms with Crippen LogP contribution in [0.1, 0.15) is 65.7 Å². The van der Waals surface area contributed by atoms with Crippen molar-refractivity contribution in [3.05, 3.63) is 0 Å². The molecule has 0 aliphatic heterocycles. The van der Waals surface area contributed by atoms with E-state index >= 15 is 0 Å². The minimum absolute atomic E-state index is 0.0931. The molecule has 0 rings (SSSR count). The number of alkyl carbamates (subject to hydrolysis) is 1. The van der Waals surface area contributed by atoms with Crippen molar-refractivity contribution in [2.24, 2.45) is 11.5 Å². The van der Waals surface area contributed by atoms with Gasteiger partial charge in [0.15, 0.2) is 0 Å². The lowest BCUT2D eigenvalue weighted by atomic mass is 10.2. The van der Waals surface area contributed by atoms with Crippen molar-refractivity contribution in [3.63, 3.8) is 0 Å². The summed E-state index contributed by atoms with van der Waals surface area (Å²) in [5.41, 5.74) is 10.7. The van der Waals surface area contributed by atoms with Crippen molar-refractivity contribution in [1.29, 1.82) is 0 Å². The standard InChI is InChI=1S/C20H43N5O3/c1-20(2,3)28-19(27)24-13-6-4-5-10-18(26)23-14-9-17-25(15-7-11-21)16-8-12-22/h4-17,21-22H2,1-3H3,(H,23,26)(H,24,27). The number of carbonyl (C=O) groups excluding carboxylic acids is 2. The first-order valence-corrected chi connectivity index (χ1v) is 10.6. The molecular formula is C20H43N5O3. The fourth-order valence-corrected chi connectivity index (χ4v) is 2.68. The lowest BCUT2D eigenvalue weighted by molar-refractivity contribution is -0.121. The molecule has 0 saturated carbocycles. The van der Waals surface area contributed by atoms with Crippen molar-refractivity contribution < 1.29 is 14.3 Å². The first-order chi connectivity index (χ1) is 13.3. The number of rotatable bonds is 16. The van der Waals surface area contributed by atoms with Gasteiger partial charge in [0.25, 0.3) is 0 Å². The van der Waals surface area contributed by atoms with E-state index in [0.717, 1.165) is 58.2 Å². The first-order valence-electron chi connectivity index (χ1n) is 10.6. The molecule has 28 heavy (non-hydrogen) atoms. The smallest absolute Gasteiger partial charge is 0.407 e. The van der Waals surface area contributed by atoms with Gasteiger partial charge in [0.05, 0.1) is 0 Å². The van der Waals surface area contributed by atoms with Crippen LogP contribution in [0.3, 0.4) is 0 Å². The Kier molecular flexibility index (Phi) is 15.7. The van der Waals surface area contributed by atoms with Crippen LogP contribution >= 0.6 is 0 Å². The van der Waals surface area contributed by atoms with E-state index in [2.05, 4.69) is 15.5 Å². The van der Waals surface area contributed by atoms with Gasteiger partial charge in [0.1, 0.15) is 5.60 Å². The molecule has 8 nitrogen and oxygen atoms in total. The molecule has 166 valence electrons. The summed E-state index contributed by atoms with van der Waals surface area (Å²) < 4.78 is 5.17. The van der Waals surface area contributed by atoms with Gasteiger partial charge in [-0.1, -0.05) is 6.42 Å². The highest BCUT2D eigenvalue weighted by Crippen LogP contribution is 2.06. The molecule has 0 heterocycles. The molecule has 0 saturated heterocycles. The van der Waals surface area contributed by atoms with Crippen LogP contribution in [0.2, 0.25) is 0 Å². The summed E-state index contributed by atoms with van der Waals surface area (Å²) in [5, 5.41) is 5.71. The molecule has 6 N–H and O–H groups in total. The first kappa shape index (κ1) is 26.6. The van der Waals surface area contributed by atoms with Crippen LogP contribution in [-0.2, 0) is 9.53 Å². The van der Waals surface area contributed by atoms with E-state index in [0.29, 0.717) is 32.6 Å². The Balaban J connectivity index is 3.64. The summed E-state index contributed by atoms with van der Waals surface area (Å²) in [4.78, 5) is 25.7. The van der Waals surface area contributed by atoms with Crippen molar-refractivity contribution in [2.45, 2.75) is 71.3 Å². The van der Waals surface area contributed by atoms with E-state index in [9.17, 15) is 9.59 Å². The Morgan fingerprint density at radius 1 is 0.821 bits per heavy atom. The highest BCUT2D eigenvalue weighted by atomic mass is 16.6. The summed E-state index contributed by atoms with van der Waals surface area (Å²) in [5.74, 6) is 0.0931. The minimum atomic E-state index is -0.478. The highest BCUT2D eigenvalue weighted by Gasteiger charge is 2.15. The van der Waals surface area contributed by atoms with Crippen LogP contribution in [0.4, 0.5) is 4.79 Å². The molecule has 0 atom stereocenters. The van der Waals surface area contributed by atoms with Crippen molar-refractivity contribution in [3.8, 4) is 0 Å². The largest absolute Gasteiger partial charge is 0.444 e. The molecule has 0 aromatic heterocycles. The maximum Gasteiger partial charge on any atom is 0.407 e. The molecule has 0 unspecified atom stereocenters. The molecule has 0 aromatic rings. The topological polar surface area (TPSA) is 123 Å². The predicted molar refractivity (Wildman–Crippen MR) is 114 cm³/mol. The molecule has 0 aliphatic carbocycles. The van der Waals surface area contributed by atoms with Gasteiger partial charge in [0, 0.05) is 19.5 Å². The van der Waals surface area contributed by atoms with E-state index in [1.54, 1.807) is 0 Å². The number of nitrogens with one attached hydrogen (secondary N) is 2. The van der Waals surface area contributed by atoms with Gasteiger partial charge in [-0.05, 0) is 85.6 Å². The summed E-state index contributed by atoms with van der Waals surface area (Å²) in [7, 11) is 0. The van der Waals surface area contributed by atoms with Crippen LogP contribution in [0.25, 0.3) is 0 Å². The molecule has 0 bridgehead atoms. The number of carbonyl (C=O) groups is 2. The van der Waals surface area contributed by atoms with E-state index < -0.39 is 11.7 Å². The maximum absolute atomic E-state index is 11.9. The minimum Gasteiger partial charge on any atom is -0.444 e. The zero-order valence-electron chi connectivity index (χ0n) is 18.2. The van der Waals surface area contributed by atoms with Crippen LogP contribution in [0.5, 0.6) is 0 Å². The number of unbranched alkanes of at least 4 members (excludes halogenated alkanes) is 2. The monoisotopic (exact) mass is 401 g/mol. The van der Waals surface area contributed by atoms with Gasteiger partial charge in [-0.3, -0.25) is 4.79 Å². The number of hydrogen-bond acceptors (Lipinski definition) is 6. The van der Waals surface area contributed by atoms with Crippen molar-refractivity contribution >= 4 is 12.0 Å². The SMILES string of the molecule is CC(C)(C)OC(=O)NCCCCCC(=O)NCCCN(CCCN)CCCN. The van der Waals surface area contributed by atoms with Crippen molar-refractivity contribution in [2.75, 3.05) is 45.8 Å². The third kappa shape index (κ3) is 18.0. The van der Waals surface area contributed by atoms with Gasteiger partial charge in [0.2, 0.25) is 5.91 Å². The molecule has 0 fully saturated rings. The van der Waals surface area contributed by atoms with Gasteiger partial charge in [-0.2, -0.15) is 0 Å². The second-order valence-electron chi connectivity index (χ2n) is 8.07. The highest BCUT2D eigenvalue weighted by molar-refractivity contribution is 5.75. The molecule has 0 aromatic carbocycles. The number of nitrogens with zero attached hydrogens (tertiary/aromatic N) is 1. The number of hydrogen-bond donors (Lipinski definition) is 4. The van der Waals surface area contributed by atoms with Crippen molar-refractivity contribution in [1.82, 2.24) is 15.5 Å². The van der Waals surface area contributed by atoms with Gasteiger partial charge in [-0.25, -0.2) is 4.79 Å². The number of nitrogens with two attached hydrogens (primary N) is 2. The number of ether oxygens (including phenoxy) is 1. The second-order valence-corrected chi connectivity index (χ2v) is 8.07. The molecule has 2 amide bonds. The molecule has 0 aliphatic rings. The van der Waals surface area contributed by atoms with E-state index in [-0.39, 0.29) is 5.91 Å². The fourth-order valence-electron chi connectivity index (χ4n) is 2.68. The van der Waals surface area contributed by atoms with Gasteiger partial charge >= 0.3 is 6.09 Å². The summed E-state index contributed by atoms with van der Waals surface area (Å²) in [6, 6.07) is 0. The molecule has 0 radical (unpaired) electrons. The lowest BCUT2D eigenvalue weighted by Crippen LogP contribution is -2.33. The lowest BCUT2D eigenvalue weighted by Gasteiger charge is -2.21. The van der Waals surface area contributed by atoms with Crippen LogP contribution < -0.4 is 22.1 Å². The van der Waals surface area contributed by atoms with Crippen LogP contribution in [0.15, 0.2) is 0 Å². The van der Waals surface area contributed by atoms with Crippen LogP contribution in [-0.4, -0.2) is 68.3 Å². The Labute approximate surface area is 171 Å². The van der Waals surface area contributed by atoms with E-state index in [1.807, 2.05) is 20.8 Å². The average Bonchev–Trinajstić information content (AvgIpc) is 2.61. The normalized spacial score (nSPS) is 11.5. The summed E-state index contributed by atoms with van der Waals surface area (Å²) in [6.45, 7) is 11.1. The predicted octanol–water partition coefficient (Wildman–Crippen LogP) is 1.58. The Morgan fingerprint density at radius 2 is 1.39 bits per heavy atom. The van der Waals surface area contributed by atoms with E-state index in [1.165, 1.54) is 0 Å². The summed E-state index contributed by atoms with van der Waals surface area (Å²) in [6.07, 6.45) is 5.59. The van der Waals surface area contributed by atoms with Crippen LogP contribution in [0, 0.1) is 0 Å². The molecule has 8 heteroatoms. The molecule has 0 spiro atoms. The van der Waals surface area contributed by atoms with Gasteiger partial charge < -0.3 is 31.7 Å². The Morgan fingerprint density at radius 3 is 1.96 bits per heavy atom. The summed E-state index contributed by atoms with van der Waals surface area (Å²) >= 11 is 0. The fraction of sp³-hybridized carbons (Fsp3) is 0.900. The maximum atomic E-state index is 11.9. The average molecular weight is 402 g/mol. The third-order valence-corrected chi connectivity index (χ3v) is 4.08. The van der Waals surface area contributed by atoms with Gasteiger partial charge in [-0.15, -0.1) is 0 Å².